The van der Waals surface area contributed by atoms with Crippen LogP contribution >= 0.6 is 23.2 Å². The van der Waals surface area contributed by atoms with Gasteiger partial charge in [-0.25, -0.2) is 4.98 Å². The molecule has 11 nitrogen and oxygen atoms in total. The molecule has 4 rings (SSSR count). The Labute approximate surface area is 261 Å². The number of aromatic nitrogens is 3. The van der Waals surface area contributed by atoms with Gasteiger partial charge in [0, 0.05) is 75.1 Å². The molecule has 1 aromatic carbocycles. The Bertz CT molecular complexity index is 1510. The van der Waals surface area contributed by atoms with Crippen LogP contribution < -0.4 is 20.3 Å². The van der Waals surface area contributed by atoms with Gasteiger partial charge in [-0.3, -0.25) is 19.1 Å². The molecular weight excluding hydrogens is 595 g/mol. The van der Waals surface area contributed by atoms with E-state index >= 15 is 0 Å². The lowest BCUT2D eigenvalue weighted by Gasteiger charge is -2.44. The second kappa shape index (κ2) is 14.4. The second-order valence-corrected chi connectivity index (χ2v) is 11.2. The molecule has 0 spiro atoms. The van der Waals surface area contributed by atoms with Gasteiger partial charge in [0.05, 0.1) is 36.4 Å². The Balaban J connectivity index is 1.74. The number of piperazine rings is 1. The van der Waals surface area contributed by atoms with Gasteiger partial charge in [-0.2, -0.15) is 4.98 Å². The number of hydrogen-bond acceptors (Lipinski definition) is 9. The lowest BCUT2D eigenvalue weighted by Crippen LogP contribution is -2.58. The highest BCUT2D eigenvalue weighted by atomic mass is 35.5. The molecule has 3 heterocycles. The molecule has 1 fully saturated rings. The number of methoxy groups -OCH3 is 3. The van der Waals surface area contributed by atoms with Crippen LogP contribution in [0.5, 0.6) is 11.5 Å². The van der Waals surface area contributed by atoms with Gasteiger partial charge in [0.25, 0.3) is 5.56 Å². The number of amides is 1. The van der Waals surface area contributed by atoms with Crippen LogP contribution in [-0.2, 0) is 16.1 Å². The number of hydrogen-bond donors (Lipinski definition) is 1. The lowest BCUT2D eigenvalue weighted by atomic mass is 10.0. The van der Waals surface area contributed by atoms with E-state index in [2.05, 4.69) is 35.6 Å². The minimum absolute atomic E-state index is 0.0609. The largest absolute Gasteiger partial charge is 0.495 e. The SMILES string of the molecule is C=CC(=O)N1CC(C)N(CCCn2c(=O)c(-c3c(Cl)c(OC)cc(OC)c3Cl)cc3cnc(NCCOC)nc32)C(C)C1. The summed E-state index contributed by atoms with van der Waals surface area (Å²) in [5.41, 5.74) is 0.762. The van der Waals surface area contributed by atoms with Crippen molar-refractivity contribution in [3.63, 3.8) is 0 Å². The summed E-state index contributed by atoms with van der Waals surface area (Å²) >= 11 is 13.4. The number of benzene rings is 1. The monoisotopic (exact) mass is 632 g/mol. The Morgan fingerprint density at radius 3 is 2.33 bits per heavy atom. The van der Waals surface area contributed by atoms with E-state index < -0.39 is 0 Å². The number of fused-ring (bicyclic) bond motifs is 1. The van der Waals surface area contributed by atoms with E-state index in [1.807, 2.05) is 4.90 Å². The number of nitrogens with one attached hydrogen (secondary N) is 1. The Morgan fingerprint density at radius 1 is 1.09 bits per heavy atom. The third-order valence-electron chi connectivity index (χ3n) is 7.65. The van der Waals surface area contributed by atoms with Crippen molar-refractivity contribution in [3.05, 3.63) is 51.4 Å². The number of carbonyl (C=O) groups excluding carboxylic acids is 1. The second-order valence-electron chi connectivity index (χ2n) is 10.4. The number of ether oxygens (including phenoxy) is 3. The normalized spacial score (nSPS) is 17.2. The average Bonchev–Trinajstić information content (AvgIpc) is 2.99. The van der Waals surface area contributed by atoms with Gasteiger partial charge in [0.2, 0.25) is 11.9 Å². The van der Waals surface area contributed by atoms with Gasteiger partial charge >= 0.3 is 0 Å². The zero-order valence-electron chi connectivity index (χ0n) is 25.2. The van der Waals surface area contributed by atoms with Crippen molar-refractivity contribution in [2.75, 3.05) is 59.4 Å². The lowest BCUT2D eigenvalue weighted by molar-refractivity contribution is -0.130. The van der Waals surface area contributed by atoms with Crippen LogP contribution in [0.2, 0.25) is 10.0 Å². The zero-order valence-corrected chi connectivity index (χ0v) is 26.7. The molecule has 2 aromatic heterocycles. The number of carbonyl (C=O) groups is 1. The third kappa shape index (κ3) is 6.90. The molecular formula is C30H38Cl2N6O5. The van der Waals surface area contributed by atoms with Crippen LogP contribution in [0.15, 0.2) is 35.8 Å². The highest BCUT2D eigenvalue weighted by Gasteiger charge is 2.31. The van der Waals surface area contributed by atoms with Crippen molar-refractivity contribution in [1.82, 2.24) is 24.3 Å². The van der Waals surface area contributed by atoms with Crippen molar-refractivity contribution in [3.8, 4) is 22.6 Å². The Hall–Kier alpha value is -3.38. The standard InChI is InChI=1S/C30H38Cl2N6O5/c1-7-24(39)36-16-18(2)37(19(3)17-36)10-8-11-38-28-20(15-34-30(35-28)33-9-12-41-4)13-21(29(38)40)25-26(31)22(42-5)14-23(43-6)27(25)32/h7,13-15,18-19H,1,8-12,16-17H2,2-6H3,(H,33,34,35). The summed E-state index contributed by atoms with van der Waals surface area (Å²) in [4.78, 5) is 39.7. The maximum atomic E-state index is 14.2. The fourth-order valence-electron chi connectivity index (χ4n) is 5.54. The highest BCUT2D eigenvalue weighted by Crippen LogP contribution is 2.45. The molecule has 1 aliphatic rings. The van der Waals surface area contributed by atoms with E-state index in [-0.39, 0.29) is 39.2 Å². The first-order chi connectivity index (χ1) is 20.6. The first kappa shape index (κ1) is 32.5. The first-order valence-electron chi connectivity index (χ1n) is 14.1. The van der Waals surface area contributed by atoms with Gasteiger partial charge in [-0.1, -0.05) is 29.8 Å². The van der Waals surface area contributed by atoms with Crippen molar-refractivity contribution in [1.29, 1.82) is 0 Å². The smallest absolute Gasteiger partial charge is 0.260 e. The summed E-state index contributed by atoms with van der Waals surface area (Å²) in [5.74, 6) is 0.981. The molecule has 0 bridgehead atoms. The number of nitrogens with zero attached hydrogens (tertiary/aromatic N) is 5. The van der Waals surface area contributed by atoms with Crippen molar-refractivity contribution >= 4 is 46.1 Å². The molecule has 43 heavy (non-hydrogen) atoms. The van der Waals surface area contributed by atoms with Gasteiger partial charge in [-0.15, -0.1) is 0 Å². The molecule has 1 N–H and O–H groups in total. The molecule has 2 atom stereocenters. The van der Waals surface area contributed by atoms with Crippen molar-refractivity contribution < 1.29 is 19.0 Å². The van der Waals surface area contributed by atoms with Crippen LogP contribution in [0.4, 0.5) is 5.95 Å². The van der Waals surface area contributed by atoms with Gasteiger partial charge in [0.15, 0.2) is 0 Å². The maximum Gasteiger partial charge on any atom is 0.260 e. The van der Waals surface area contributed by atoms with E-state index in [0.717, 1.165) is 6.54 Å². The molecule has 232 valence electrons. The predicted molar refractivity (Wildman–Crippen MR) is 170 cm³/mol. The topological polar surface area (TPSA) is 111 Å². The summed E-state index contributed by atoms with van der Waals surface area (Å²) in [6.45, 7) is 11.1. The van der Waals surface area contributed by atoms with Crippen LogP contribution in [0.25, 0.3) is 22.2 Å². The summed E-state index contributed by atoms with van der Waals surface area (Å²) < 4.78 is 17.7. The molecule has 13 heteroatoms. The summed E-state index contributed by atoms with van der Waals surface area (Å²) in [6, 6.07) is 3.57. The Morgan fingerprint density at radius 2 is 1.74 bits per heavy atom. The van der Waals surface area contributed by atoms with Gasteiger partial charge in [0.1, 0.15) is 17.1 Å². The molecule has 1 saturated heterocycles. The molecule has 0 saturated carbocycles. The minimum Gasteiger partial charge on any atom is -0.495 e. The fraction of sp³-hybridized carbons (Fsp3) is 0.467. The van der Waals surface area contributed by atoms with Crippen LogP contribution in [0.1, 0.15) is 20.3 Å². The number of aryl methyl sites for hydroxylation is 1. The van der Waals surface area contributed by atoms with E-state index in [9.17, 15) is 9.59 Å². The van der Waals surface area contributed by atoms with Crippen LogP contribution in [0, 0.1) is 0 Å². The fourth-order valence-corrected chi connectivity index (χ4v) is 6.24. The maximum absolute atomic E-state index is 14.2. The average molecular weight is 634 g/mol. The predicted octanol–water partition coefficient (Wildman–Crippen LogP) is 4.34. The zero-order chi connectivity index (χ0) is 31.3. The molecule has 2 unspecified atom stereocenters. The molecule has 3 aromatic rings. The summed E-state index contributed by atoms with van der Waals surface area (Å²) in [5, 5.41) is 4.17. The summed E-state index contributed by atoms with van der Waals surface area (Å²) in [6.07, 6.45) is 3.67. The summed E-state index contributed by atoms with van der Waals surface area (Å²) in [7, 11) is 4.58. The van der Waals surface area contributed by atoms with Gasteiger partial charge < -0.3 is 24.4 Å². The number of rotatable bonds is 12. The molecule has 0 radical (unpaired) electrons. The third-order valence-corrected chi connectivity index (χ3v) is 8.40. The molecule has 1 amide bonds. The molecule has 0 aliphatic carbocycles. The van der Waals surface area contributed by atoms with Crippen molar-refractivity contribution in [2.45, 2.75) is 38.9 Å². The Kier molecular flexibility index (Phi) is 10.9. The van der Waals surface area contributed by atoms with Crippen molar-refractivity contribution in [2.24, 2.45) is 0 Å². The number of halogens is 2. The van der Waals surface area contributed by atoms with Gasteiger partial charge in [-0.05, 0) is 32.4 Å². The van der Waals surface area contributed by atoms with E-state index in [0.29, 0.717) is 73.3 Å². The minimum atomic E-state index is -0.310. The molecule has 1 aliphatic heterocycles. The van der Waals surface area contributed by atoms with Crippen LogP contribution in [-0.4, -0.2) is 96.4 Å². The number of anilines is 1. The highest BCUT2D eigenvalue weighted by molar-refractivity contribution is 6.41. The van der Waals surface area contributed by atoms with E-state index in [1.165, 1.54) is 20.3 Å². The first-order valence-corrected chi connectivity index (χ1v) is 14.8. The van der Waals surface area contributed by atoms with Crippen LogP contribution in [0.3, 0.4) is 0 Å². The number of pyridine rings is 1. The van der Waals surface area contributed by atoms with E-state index in [4.69, 9.17) is 42.4 Å². The quantitative estimate of drug-likeness (QED) is 0.230. The van der Waals surface area contributed by atoms with E-state index in [1.54, 1.807) is 30.0 Å².